The van der Waals surface area contributed by atoms with Gasteiger partial charge in [0.15, 0.2) is 0 Å². The first-order valence-electron chi connectivity index (χ1n) is 7.86. The lowest BCUT2D eigenvalue weighted by Gasteiger charge is -2.11. The number of amides is 1. The molecular weight excluding hydrogens is 418 g/mol. The van der Waals surface area contributed by atoms with E-state index in [0.29, 0.717) is 21.7 Å². The molecule has 0 fully saturated rings. The summed E-state index contributed by atoms with van der Waals surface area (Å²) in [5, 5.41) is 2.43. The molecule has 0 bridgehead atoms. The number of nitrogens with one attached hydrogen (secondary N) is 2. The van der Waals surface area contributed by atoms with E-state index in [1.165, 1.54) is 24.3 Å². The van der Waals surface area contributed by atoms with Crippen molar-refractivity contribution in [1.82, 2.24) is 9.55 Å². The summed E-state index contributed by atoms with van der Waals surface area (Å²) in [6, 6.07) is 7.44. The third-order valence-electron chi connectivity index (χ3n) is 3.84. The Kier molecular flexibility index (Phi) is 5.29. The van der Waals surface area contributed by atoms with Gasteiger partial charge in [0.2, 0.25) is 0 Å². The van der Waals surface area contributed by atoms with Gasteiger partial charge in [-0.2, -0.15) is 13.2 Å². The van der Waals surface area contributed by atoms with E-state index in [4.69, 9.17) is 11.6 Å². The van der Waals surface area contributed by atoms with Crippen LogP contribution in [0, 0.1) is 5.82 Å². The monoisotopic (exact) mass is 427 g/mol. The van der Waals surface area contributed by atoms with E-state index < -0.39 is 40.3 Å². The second-order valence-corrected chi connectivity index (χ2v) is 6.21. The maximum absolute atomic E-state index is 13.4. The summed E-state index contributed by atoms with van der Waals surface area (Å²) in [6.07, 6.45) is -4.13. The highest BCUT2D eigenvalue weighted by Crippen LogP contribution is 2.33. The highest BCUT2D eigenvalue weighted by molar-refractivity contribution is 6.30. The van der Waals surface area contributed by atoms with Crippen LogP contribution in [0.5, 0.6) is 0 Å². The maximum Gasteiger partial charge on any atom is 0.419 e. The minimum Gasteiger partial charge on any atom is -0.322 e. The van der Waals surface area contributed by atoms with Gasteiger partial charge >= 0.3 is 11.9 Å². The van der Waals surface area contributed by atoms with Crippen LogP contribution in [-0.4, -0.2) is 15.5 Å². The van der Waals surface area contributed by atoms with Gasteiger partial charge in [-0.05, 0) is 42.5 Å². The lowest BCUT2D eigenvalue weighted by molar-refractivity contribution is -0.139. The van der Waals surface area contributed by atoms with E-state index in [1.807, 2.05) is 0 Å². The molecule has 29 heavy (non-hydrogen) atoms. The van der Waals surface area contributed by atoms with E-state index >= 15 is 0 Å². The van der Waals surface area contributed by atoms with Crippen LogP contribution < -0.4 is 16.6 Å². The SMILES string of the molecule is O=C(Nc1ccc(F)c(C(F)(F)F)c1)c1c[nH]c(=O)n(-c2ccc(Cl)cc2)c1=O. The average molecular weight is 428 g/mol. The zero-order chi connectivity index (χ0) is 21.3. The Morgan fingerprint density at radius 3 is 2.34 bits per heavy atom. The van der Waals surface area contributed by atoms with Gasteiger partial charge in [0.1, 0.15) is 11.4 Å². The molecule has 0 aliphatic rings. The number of carbonyl (C=O) groups is 1. The minimum atomic E-state index is -4.97. The van der Waals surface area contributed by atoms with Crippen molar-refractivity contribution < 1.29 is 22.4 Å². The van der Waals surface area contributed by atoms with Gasteiger partial charge in [0.25, 0.3) is 11.5 Å². The first kappa shape index (κ1) is 20.3. The second kappa shape index (κ2) is 7.55. The third-order valence-corrected chi connectivity index (χ3v) is 4.09. The van der Waals surface area contributed by atoms with Gasteiger partial charge in [-0.1, -0.05) is 11.6 Å². The summed E-state index contributed by atoms with van der Waals surface area (Å²) >= 11 is 5.76. The average Bonchev–Trinajstić information content (AvgIpc) is 2.64. The fourth-order valence-electron chi connectivity index (χ4n) is 2.48. The van der Waals surface area contributed by atoms with Crippen LogP contribution in [0.2, 0.25) is 5.02 Å². The molecule has 1 aromatic heterocycles. The number of halogens is 5. The molecule has 2 aromatic carbocycles. The molecule has 0 saturated heterocycles. The van der Waals surface area contributed by atoms with Crippen molar-refractivity contribution in [2.45, 2.75) is 6.18 Å². The van der Waals surface area contributed by atoms with Crippen molar-refractivity contribution in [3.05, 3.63) is 91.5 Å². The van der Waals surface area contributed by atoms with Gasteiger partial charge in [-0.25, -0.2) is 13.8 Å². The van der Waals surface area contributed by atoms with Crippen LogP contribution in [-0.2, 0) is 6.18 Å². The predicted octanol–water partition coefficient (Wildman–Crippen LogP) is 3.59. The third kappa shape index (κ3) is 4.21. The molecule has 3 rings (SSSR count). The number of benzene rings is 2. The molecule has 0 unspecified atom stereocenters. The standard InChI is InChI=1S/C18H10ClF4N3O3/c19-9-1-4-11(5-2-9)26-16(28)12(8-24-17(26)29)15(27)25-10-3-6-14(20)13(7-10)18(21,22)23/h1-8H,(H,24,29)(H,25,27). The Balaban J connectivity index is 1.99. The number of hydrogen-bond acceptors (Lipinski definition) is 3. The molecule has 0 atom stereocenters. The highest BCUT2D eigenvalue weighted by atomic mass is 35.5. The Morgan fingerprint density at radius 1 is 1.07 bits per heavy atom. The summed E-state index contributed by atoms with van der Waals surface area (Å²) in [4.78, 5) is 39.2. The molecule has 0 aliphatic carbocycles. The Hall–Kier alpha value is -3.40. The lowest BCUT2D eigenvalue weighted by Crippen LogP contribution is -2.38. The number of rotatable bonds is 3. The maximum atomic E-state index is 13.4. The van der Waals surface area contributed by atoms with Gasteiger partial charge in [0.05, 0.1) is 11.3 Å². The number of carbonyl (C=O) groups excluding carboxylic acids is 1. The predicted molar refractivity (Wildman–Crippen MR) is 97.0 cm³/mol. The zero-order valence-electron chi connectivity index (χ0n) is 14.2. The molecule has 150 valence electrons. The van der Waals surface area contributed by atoms with Crippen LogP contribution in [0.4, 0.5) is 23.2 Å². The van der Waals surface area contributed by atoms with Gasteiger partial charge in [-0.3, -0.25) is 9.59 Å². The minimum absolute atomic E-state index is 0.122. The number of anilines is 1. The molecule has 0 spiro atoms. The van der Waals surface area contributed by atoms with E-state index in [9.17, 15) is 31.9 Å². The van der Waals surface area contributed by atoms with E-state index in [2.05, 4.69) is 10.3 Å². The van der Waals surface area contributed by atoms with Crippen molar-refractivity contribution in [2.24, 2.45) is 0 Å². The Morgan fingerprint density at radius 2 is 1.72 bits per heavy atom. The summed E-state index contributed by atoms with van der Waals surface area (Å²) in [5.74, 6) is -2.60. The molecule has 0 saturated carbocycles. The molecule has 1 heterocycles. The van der Waals surface area contributed by atoms with E-state index in [-0.39, 0.29) is 11.4 Å². The number of aromatic nitrogens is 2. The fraction of sp³-hybridized carbons (Fsp3) is 0.0556. The van der Waals surface area contributed by atoms with E-state index in [0.717, 1.165) is 12.3 Å². The van der Waals surface area contributed by atoms with Gasteiger partial charge < -0.3 is 10.3 Å². The van der Waals surface area contributed by atoms with Crippen molar-refractivity contribution in [2.75, 3.05) is 5.32 Å². The van der Waals surface area contributed by atoms with Crippen LogP contribution in [0.3, 0.4) is 0 Å². The van der Waals surface area contributed by atoms with Crippen molar-refractivity contribution in [1.29, 1.82) is 0 Å². The zero-order valence-corrected chi connectivity index (χ0v) is 14.9. The molecule has 0 aliphatic heterocycles. The van der Waals surface area contributed by atoms with Crippen LogP contribution in [0.15, 0.2) is 58.3 Å². The van der Waals surface area contributed by atoms with E-state index in [1.54, 1.807) is 0 Å². The molecular formula is C18H10ClF4N3O3. The topological polar surface area (TPSA) is 84.0 Å². The smallest absolute Gasteiger partial charge is 0.322 e. The number of hydrogen-bond donors (Lipinski definition) is 2. The van der Waals surface area contributed by atoms with Crippen molar-refractivity contribution in [3.63, 3.8) is 0 Å². The quantitative estimate of drug-likeness (QED) is 0.627. The molecule has 2 N–H and O–H groups in total. The van der Waals surface area contributed by atoms with Crippen molar-refractivity contribution >= 4 is 23.2 Å². The number of alkyl halides is 3. The normalized spacial score (nSPS) is 11.3. The number of nitrogens with zero attached hydrogens (tertiary/aromatic N) is 1. The Bertz CT molecular complexity index is 1200. The summed E-state index contributed by atoms with van der Waals surface area (Å²) in [7, 11) is 0. The van der Waals surface area contributed by atoms with Gasteiger partial charge in [0, 0.05) is 16.9 Å². The molecule has 1 amide bonds. The fourth-order valence-corrected chi connectivity index (χ4v) is 2.60. The van der Waals surface area contributed by atoms with Gasteiger partial charge in [-0.15, -0.1) is 0 Å². The summed E-state index contributed by atoms with van der Waals surface area (Å²) in [5.41, 5.74) is -4.22. The highest BCUT2D eigenvalue weighted by Gasteiger charge is 2.34. The number of aromatic amines is 1. The summed E-state index contributed by atoms with van der Waals surface area (Å²) in [6.45, 7) is 0. The van der Waals surface area contributed by atoms with Crippen LogP contribution >= 0.6 is 11.6 Å². The van der Waals surface area contributed by atoms with Crippen LogP contribution in [0.1, 0.15) is 15.9 Å². The lowest BCUT2D eigenvalue weighted by atomic mass is 10.1. The number of H-pyrrole nitrogens is 1. The molecule has 3 aromatic rings. The molecule has 6 nitrogen and oxygen atoms in total. The Labute approximate surface area is 164 Å². The second-order valence-electron chi connectivity index (χ2n) is 5.77. The first-order chi connectivity index (χ1) is 13.6. The largest absolute Gasteiger partial charge is 0.419 e. The molecule has 11 heteroatoms. The van der Waals surface area contributed by atoms with Crippen molar-refractivity contribution in [3.8, 4) is 5.69 Å². The first-order valence-corrected chi connectivity index (χ1v) is 8.24. The van der Waals surface area contributed by atoms with Crippen LogP contribution in [0.25, 0.3) is 5.69 Å². The summed E-state index contributed by atoms with van der Waals surface area (Å²) < 4.78 is 52.5. The molecule has 0 radical (unpaired) electrons.